The SMILES string of the molecule is CCN(CC)OCc1nnc2n1-c1ccc(SC)cc1C(c1ccccc1)=NC2. The van der Waals surface area contributed by atoms with E-state index in [0.717, 1.165) is 47.3 Å². The van der Waals surface area contributed by atoms with E-state index in [-0.39, 0.29) is 0 Å². The summed E-state index contributed by atoms with van der Waals surface area (Å²) in [7, 11) is 0. The van der Waals surface area contributed by atoms with Crippen LogP contribution >= 0.6 is 11.8 Å². The van der Waals surface area contributed by atoms with E-state index < -0.39 is 0 Å². The third kappa shape index (κ3) is 3.99. The predicted molar refractivity (Wildman–Crippen MR) is 117 cm³/mol. The Hall–Kier alpha value is -2.48. The van der Waals surface area contributed by atoms with Crippen molar-refractivity contribution in [1.82, 2.24) is 19.8 Å². The molecule has 0 amide bonds. The zero-order valence-corrected chi connectivity index (χ0v) is 17.8. The molecule has 150 valence electrons. The van der Waals surface area contributed by atoms with Gasteiger partial charge in [-0.15, -0.1) is 22.0 Å². The van der Waals surface area contributed by atoms with Gasteiger partial charge in [-0.1, -0.05) is 44.2 Å². The van der Waals surface area contributed by atoms with Crippen LogP contribution < -0.4 is 0 Å². The first-order chi connectivity index (χ1) is 14.2. The van der Waals surface area contributed by atoms with Gasteiger partial charge in [-0.05, 0) is 24.5 Å². The number of hydrogen-bond acceptors (Lipinski definition) is 6. The molecule has 0 atom stereocenters. The van der Waals surface area contributed by atoms with Gasteiger partial charge >= 0.3 is 0 Å². The van der Waals surface area contributed by atoms with Crippen LogP contribution in [0.25, 0.3) is 5.69 Å². The highest BCUT2D eigenvalue weighted by atomic mass is 32.2. The summed E-state index contributed by atoms with van der Waals surface area (Å²) in [6.07, 6.45) is 2.09. The molecule has 1 aliphatic rings. The fourth-order valence-electron chi connectivity index (χ4n) is 3.49. The van der Waals surface area contributed by atoms with Gasteiger partial charge in [0.2, 0.25) is 0 Å². The molecule has 1 aromatic heterocycles. The van der Waals surface area contributed by atoms with Crippen molar-refractivity contribution in [2.75, 3.05) is 19.3 Å². The molecule has 0 saturated carbocycles. The Morgan fingerprint density at radius 1 is 1.07 bits per heavy atom. The molecular formula is C22H25N5OS. The van der Waals surface area contributed by atoms with Crippen molar-refractivity contribution in [3.8, 4) is 5.69 Å². The topological polar surface area (TPSA) is 55.5 Å². The average molecular weight is 408 g/mol. The summed E-state index contributed by atoms with van der Waals surface area (Å²) in [6, 6.07) is 16.8. The molecule has 0 bridgehead atoms. The second kappa shape index (κ2) is 8.90. The Morgan fingerprint density at radius 3 is 2.59 bits per heavy atom. The van der Waals surface area contributed by atoms with Gasteiger partial charge in [0.1, 0.15) is 13.2 Å². The quantitative estimate of drug-likeness (QED) is 0.436. The predicted octanol–water partition coefficient (Wildman–Crippen LogP) is 4.11. The molecule has 0 unspecified atom stereocenters. The second-order valence-electron chi connectivity index (χ2n) is 6.67. The minimum absolute atomic E-state index is 0.374. The standard InChI is InChI=1S/C22H25N5OS/c1-4-26(5-2)28-15-21-25-24-20-14-23-22(16-9-7-6-8-10-16)18-13-17(29-3)11-12-19(18)27(20)21/h6-13H,4-5,14-15H2,1-3H3. The molecule has 0 saturated heterocycles. The smallest absolute Gasteiger partial charge is 0.165 e. The monoisotopic (exact) mass is 407 g/mol. The van der Waals surface area contributed by atoms with E-state index in [1.165, 1.54) is 4.90 Å². The van der Waals surface area contributed by atoms with Crippen molar-refractivity contribution in [3.05, 3.63) is 71.3 Å². The van der Waals surface area contributed by atoms with Crippen LogP contribution in [0.3, 0.4) is 0 Å². The first kappa shape index (κ1) is 19.8. The second-order valence-corrected chi connectivity index (χ2v) is 7.55. The van der Waals surface area contributed by atoms with Gasteiger partial charge < -0.3 is 0 Å². The Kier molecular flexibility index (Phi) is 6.08. The maximum atomic E-state index is 5.93. The van der Waals surface area contributed by atoms with E-state index >= 15 is 0 Å². The zero-order chi connectivity index (χ0) is 20.2. The van der Waals surface area contributed by atoms with Crippen LogP contribution in [-0.2, 0) is 18.0 Å². The zero-order valence-electron chi connectivity index (χ0n) is 17.0. The Morgan fingerprint density at radius 2 is 1.86 bits per heavy atom. The summed E-state index contributed by atoms with van der Waals surface area (Å²) >= 11 is 1.73. The summed E-state index contributed by atoms with van der Waals surface area (Å²) in [6.45, 7) is 6.66. The van der Waals surface area contributed by atoms with Gasteiger partial charge in [-0.2, -0.15) is 5.06 Å². The lowest BCUT2D eigenvalue weighted by Crippen LogP contribution is -2.24. The van der Waals surface area contributed by atoms with Gasteiger partial charge in [0.05, 0.1) is 11.4 Å². The highest BCUT2D eigenvalue weighted by Gasteiger charge is 2.23. The summed E-state index contributed by atoms with van der Waals surface area (Å²) in [5, 5.41) is 10.7. The minimum atomic E-state index is 0.374. The normalized spacial score (nSPS) is 13.0. The Labute approximate surface area is 175 Å². The summed E-state index contributed by atoms with van der Waals surface area (Å²) < 4.78 is 2.10. The van der Waals surface area contributed by atoms with Gasteiger partial charge in [0.15, 0.2) is 11.6 Å². The molecule has 1 aliphatic heterocycles. The molecule has 7 heteroatoms. The molecule has 4 rings (SSSR count). The summed E-state index contributed by atoms with van der Waals surface area (Å²) in [4.78, 5) is 12.1. The molecule has 6 nitrogen and oxygen atoms in total. The van der Waals surface area contributed by atoms with Crippen LogP contribution in [0.5, 0.6) is 0 Å². The van der Waals surface area contributed by atoms with Gasteiger partial charge in [-0.25, -0.2) is 0 Å². The Bertz CT molecular complexity index is 1010. The molecule has 2 heterocycles. The molecule has 3 aromatic rings. The highest BCUT2D eigenvalue weighted by molar-refractivity contribution is 7.98. The van der Waals surface area contributed by atoms with Crippen LogP contribution in [0.2, 0.25) is 0 Å². The third-order valence-corrected chi connectivity index (χ3v) is 5.73. The molecule has 0 fully saturated rings. The van der Waals surface area contributed by atoms with Gasteiger partial charge in [0.25, 0.3) is 0 Å². The number of hydrogen-bond donors (Lipinski definition) is 0. The van der Waals surface area contributed by atoms with E-state index in [4.69, 9.17) is 9.83 Å². The number of benzene rings is 2. The number of nitrogens with zero attached hydrogens (tertiary/aromatic N) is 5. The molecule has 0 spiro atoms. The van der Waals surface area contributed by atoms with E-state index in [9.17, 15) is 0 Å². The first-order valence-electron chi connectivity index (χ1n) is 9.84. The van der Waals surface area contributed by atoms with Crippen LogP contribution in [0.4, 0.5) is 0 Å². The van der Waals surface area contributed by atoms with Crippen LogP contribution in [0, 0.1) is 0 Å². The van der Waals surface area contributed by atoms with E-state index in [1.807, 2.05) is 23.3 Å². The van der Waals surface area contributed by atoms with Crippen molar-refractivity contribution in [2.45, 2.75) is 31.9 Å². The number of hydroxylamine groups is 2. The maximum Gasteiger partial charge on any atom is 0.165 e. The lowest BCUT2D eigenvalue weighted by atomic mass is 10.0. The van der Waals surface area contributed by atoms with Crippen molar-refractivity contribution in [3.63, 3.8) is 0 Å². The van der Waals surface area contributed by atoms with E-state index in [0.29, 0.717) is 13.2 Å². The highest BCUT2D eigenvalue weighted by Crippen LogP contribution is 2.29. The number of aliphatic imine (C=N–C) groups is 1. The molecule has 0 aliphatic carbocycles. The van der Waals surface area contributed by atoms with Crippen molar-refractivity contribution in [1.29, 1.82) is 0 Å². The van der Waals surface area contributed by atoms with Crippen molar-refractivity contribution < 1.29 is 4.84 Å². The fourth-order valence-corrected chi connectivity index (χ4v) is 3.93. The lowest BCUT2D eigenvalue weighted by Gasteiger charge is -2.18. The van der Waals surface area contributed by atoms with Crippen molar-refractivity contribution >= 4 is 17.5 Å². The number of rotatable bonds is 7. The number of aromatic nitrogens is 3. The summed E-state index contributed by atoms with van der Waals surface area (Å²) in [5.41, 5.74) is 4.22. The van der Waals surface area contributed by atoms with Crippen LogP contribution in [0.15, 0.2) is 58.4 Å². The van der Waals surface area contributed by atoms with Crippen LogP contribution in [-0.4, -0.2) is 44.9 Å². The third-order valence-electron chi connectivity index (χ3n) is 5.00. The summed E-state index contributed by atoms with van der Waals surface area (Å²) in [5.74, 6) is 1.61. The van der Waals surface area contributed by atoms with Gasteiger partial charge in [-0.3, -0.25) is 14.4 Å². The van der Waals surface area contributed by atoms with Crippen LogP contribution in [0.1, 0.15) is 36.6 Å². The largest absolute Gasteiger partial charge is 0.291 e. The number of fused-ring (bicyclic) bond motifs is 3. The maximum absolute atomic E-state index is 5.93. The molecule has 29 heavy (non-hydrogen) atoms. The van der Waals surface area contributed by atoms with E-state index in [2.05, 4.69) is 65.2 Å². The molecule has 0 radical (unpaired) electrons. The number of thioether (sulfide) groups is 1. The molecular weight excluding hydrogens is 382 g/mol. The average Bonchev–Trinajstić information content (AvgIpc) is 3.10. The van der Waals surface area contributed by atoms with Gasteiger partial charge in [0, 0.05) is 29.1 Å². The Balaban J connectivity index is 1.80. The van der Waals surface area contributed by atoms with Crippen molar-refractivity contribution in [2.24, 2.45) is 4.99 Å². The molecule has 0 N–H and O–H groups in total. The fraction of sp³-hybridized carbons (Fsp3) is 0.318. The minimum Gasteiger partial charge on any atom is -0.291 e. The van der Waals surface area contributed by atoms with E-state index in [1.54, 1.807) is 11.8 Å². The first-order valence-corrected chi connectivity index (χ1v) is 11.1. The lowest BCUT2D eigenvalue weighted by molar-refractivity contribution is -0.165. The molecule has 2 aromatic carbocycles.